The van der Waals surface area contributed by atoms with Crippen molar-refractivity contribution in [3.8, 4) is 0 Å². The van der Waals surface area contributed by atoms with Gasteiger partial charge in [0.1, 0.15) is 18.2 Å². The highest BCUT2D eigenvalue weighted by atomic mass is 16.6. The molecule has 0 saturated carbocycles. The molecule has 0 saturated heterocycles. The summed E-state index contributed by atoms with van der Waals surface area (Å²) in [6.45, 7) is 3.63. The third-order valence-electron chi connectivity index (χ3n) is 1.99. The minimum Gasteiger partial charge on any atom is -0.300 e. The first-order chi connectivity index (χ1) is 6.50. The Kier molecular flexibility index (Phi) is 2.95. The average molecular weight is 197 g/mol. The Morgan fingerprint density at radius 1 is 1.79 bits per heavy atom. The molecular formula is C8H11N3O3. The zero-order chi connectivity index (χ0) is 10.7. The van der Waals surface area contributed by atoms with E-state index in [9.17, 15) is 14.9 Å². The topological polar surface area (TPSA) is 78.0 Å². The van der Waals surface area contributed by atoms with E-state index in [0.29, 0.717) is 6.54 Å². The lowest BCUT2D eigenvalue weighted by Gasteiger charge is -2.05. The second-order valence-electron chi connectivity index (χ2n) is 3.19. The molecule has 1 rings (SSSR count). The smallest absolute Gasteiger partial charge is 0.300 e. The van der Waals surface area contributed by atoms with Crippen molar-refractivity contribution in [2.24, 2.45) is 5.92 Å². The molecule has 6 heteroatoms. The van der Waals surface area contributed by atoms with Gasteiger partial charge in [-0.05, 0) is 6.92 Å². The van der Waals surface area contributed by atoms with Gasteiger partial charge in [-0.1, -0.05) is 6.92 Å². The largest absolute Gasteiger partial charge is 0.306 e. The van der Waals surface area contributed by atoms with Crippen molar-refractivity contribution in [1.29, 1.82) is 0 Å². The number of hydrogen-bond acceptors (Lipinski definition) is 4. The number of rotatable bonds is 4. The number of aromatic nitrogens is 2. The molecule has 0 amide bonds. The van der Waals surface area contributed by atoms with Crippen LogP contribution in [0.3, 0.4) is 0 Å². The quantitative estimate of drug-likeness (QED) is 0.533. The lowest BCUT2D eigenvalue weighted by molar-refractivity contribution is -0.385. The molecule has 0 spiro atoms. The van der Waals surface area contributed by atoms with Gasteiger partial charge < -0.3 is 0 Å². The summed E-state index contributed by atoms with van der Waals surface area (Å²) in [5.74, 6) is -0.127. The van der Waals surface area contributed by atoms with Gasteiger partial charge in [0, 0.05) is 5.92 Å². The molecule has 76 valence electrons. The predicted octanol–water partition coefficient (Wildman–Crippen LogP) is 1.02. The lowest BCUT2D eigenvalue weighted by Crippen LogP contribution is -2.14. The van der Waals surface area contributed by atoms with Crippen LogP contribution in [-0.2, 0) is 11.3 Å². The zero-order valence-corrected chi connectivity index (χ0v) is 8.01. The molecule has 0 radical (unpaired) electrons. The molecule has 6 nitrogen and oxygen atoms in total. The van der Waals surface area contributed by atoms with Crippen LogP contribution in [0.25, 0.3) is 0 Å². The molecule has 0 aliphatic carbocycles. The maximum atomic E-state index is 10.9. The van der Waals surface area contributed by atoms with Crippen LogP contribution in [0.4, 0.5) is 5.69 Å². The van der Waals surface area contributed by atoms with E-state index >= 15 is 0 Å². The summed E-state index contributed by atoms with van der Waals surface area (Å²) in [4.78, 5) is 20.7. The second-order valence-corrected chi connectivity index (χ2v) is 3.19. The van der Waals surface area contributed by atoms with Gasteiger partial charge >= 0.3 is 5.69 Å². The minimum absolute atomic E-state index is 0.0446. The van der Waals surface area contributed by atoms with Crippen molar-refractivity contribution in [3.05, 3.63) is 22.5 Å². The first kappa shape index (κ1) is 10.4. The summed E-state index contributed by atoms with van der Waals surface area (Å²) in [6, 6.07) is 0. The van der Waals surface area contributed by atoms with Gasteiger partial charge in [0.2, 0.25) is 0 Å². The summed E-state index contributed by atoms with van der Waals surface area (Å²) >= 11 is 0. The lowest BCUT2D eigenvalue weighted by atomic mass is 10.1. The van der Waals surface area contributed by atoms with Crippen molar-refractivity contribution < 1.29 is 9.72 Å². The summed E-state index contributed by atoms with van der Waals surface area (Å²) in [7, 11) is 0. The molecule has 1 heterocycles. The summed E-state index contributed by atoms with van der Waals surface area (Å²) < 4.78 is 1.41. The Bertz CT molecular complexity index is 358. The first-order valence-electron chi connectivity index (χ1n) is 4.18. The summed E-state index contributed by atoms with van der Waals surface area (Å²) in [5, 5.41) is 14.1. The fourth-order valence-corrected chi connectivity index (χ4v) is 0.956. The van der Waals surface area contributed by atoms with E-state index in [1.54, 1.807) is 6.92 Å². The summed E-state index contributed by atoms with van der Waals surface area (Å²) in [5.41, 5.74) is -0.0549. The van der Waals surface area contributed by atoms with Crippen molar-refractivity contribution >= 4 is 11.5 Å². The van der Waals surface area contributed by atoms with Gasteiger partial charge in [-0.25, -0.2) is 0 Å². The predicted molar refractivity (Wildman–Crippen MR) is 48.7 cm³/mol. The molecule has 0 aliphatic rings. The number of carbonyl (C=O) groups excluding carboxylic acids is 1. The first-order valence-corrected chi connectivity index (χ1v) is 4.18. The third kappa shape index (κ3) is 2.38. The molecule has 14 heavy (non-hydrogen) atoms. The molecular weight excluding hydrogens is 186 g/mol. The molecule has 1 aromatic rings. The molecule has 0 aliphatic heterocycles. The molecule has 1 unspecified atom stereocenters. The Labute approximate surface area is 80.7 Å². The average Bonchev–Trinajstić information content (AvgIpc) is 2.52. The van der Waals surface area contributed by atoms with Gasteiger partial charge in [0.15, 0.2) is 0 Å². The fraction of sp³-hybridized carbons (Fsp3) is 0.500. The van der Waals surface area contributed by atoms with Crippen molar-refractivity contribution in [2.75, 3.05) is 0 Å². The van der Waals surface area contributed by atoms with Crippen molar-refractivity contribution in [1.82, 2.24) is 9.78 Å². The van der Waals surface area contributed by atoms with E-state index in [1.165, 1.54) is 24.0 Å². The van der Waals surface area contributed by atoms with Crippen LogP contribution in [0.1, 0.15) is 13.8 Å². The van der Waals surface area contributed by atoms with Crippen LogP contribution in [-0.4, -0.2) is 20.5 Å². The standard InChI is InChI=1S/C8H11N3O3/c1-6(7(2)12)4-10-5-8(3-9-10)11(13)14/h3,5-6H,4H2,1-2H3. The highest BCUT2D eigenvalue weighted by Crippen LogP contribution is 2.09. The van der Waals surface area contributed by atoms with E-state index in [0.717, 1.165) is 0 Å². The molecule has 0 aromatic carbocycles. The molecule has 1 aromatic heterocycles. The number of carbonyl (C=O) groups is 1. The Hall–Kier alpha value is -1.72. The van der Waals surface area contributed by atoms with E-state index in [1.807, 2.05) is 0 Å². The SMILES string of the molecule is CC(=O)C(C)Cn1cc([N+](=O)[O-])cn1. The maximum absolute atomic E-state index is 10.9. The van der Waals surface area contributed by atoms with E-state index in [-0.39, 0.29) is 17.4 Å². The van der Waals surface area contributed by atoms with Crippen LogP contribution in [0.5, 0.6) is 0 Å². The second kappa shape index (κ2) is 3.99. The Morgan fingerprint density at radius 3 is 2.86 bits per heavy atom. The van der Waals surface area contributed by atoms with E-state index in [4.69, 9.17) is 0 Å². The molecule has 0 N–H and O–H groups in total. The van der Waals surface area contributed by atoms with Crippen LogP contribution in [0.2, 0.25) is 0 Å². The molecule has 0 fully saturated rings. The van der Waals surface area contributed by atoms with Crippen LogP contribution in [0.15, 0.2) is 12.4 Å². The van der Waals surface area contributed by atoms with Crippen molar-refractivity contribution in [3.63, 3.8) is 0 Å². The Balaban J connectivity index is 2.69. The zero-order valence-electron chi connectivity index (χ0n) is 8.01. The number of ketones is 1. The highest BCUT2D eigenvalue weighted by molar-refractivity contribution is 5.77. The minimum atomic E-state index is -0.512. The maximum Gasteiger partial charge on any atom is 0.306 e. The van der Waals surface area contributed by atoms with Gasteiger partial charge in [-0.2, -0.15) is 5.10 Å². The molecule has 1 atom stereocenters. The summed E-state index contributed by atoms with van der Waals surface area (Å²) in [6.07, 6.45) is 2.49. The van der Waals surface area contributed by atoms with Crippen LogP contribution < -0.4 is 0 Å². The highest BCUT2D eigenvalue weighted by Gasteiger charge is 2.12. The number of nitro groups is 1. The van der Waals surface area contributed by atoms with Crippen molar-refractivity contribution in [2.45, 2.75) is 20.4 Å². The molecule has 0 bridgehead atoms. The monoisotopic (exact) mass is 197 g/mol. The Morgan fingerprint density at radius 2 is 2.43 bits per heavy atom. The van der Waals surface area contributed by atoms with E-state index in [2.05, 4.69) is 5.10 Å². The van der Waals surface area contributed by atoms with Crippen LogP contribution in [0, 0.1) is 16.0 Å². The fourth-order valence-electron chi connectivity index (χ4n) is 0.956. The van der Waals surface area contributed by atoms with Crippen LogP contribution >= 0.6 is 0 Å². The van der Waals surface area contributed by atoms with Gasteiger partial charge in [0.25, 0.3) is 0 Å². The number of nitrogens with zero attached hydrogens (tertiary/aromatic N) is 3. The van der Waals surface area contributed by atoms with Gasteiger partial charge in [0.05, 0.1) is 11.5 Å². The number of Topliss-reactive ketones (excluding diaryl/α,β-unsaturated/α-hetero) is 1. The van der Waals surface area contributed by atoms with Gasteiger partial charge in [-0.15, -0.1) is 0 Å². The number of hydrogen-bond donors (Lipinski definition) is 0. The third-order valence-corrected chi connectivity index (χ3v) is 1.99. The van der Waals surface area contributed by atoms with Gasteiger partial charge in [-0.3, -0.25) is 19.6 Å². The normalized spacial score (nSPS) is 12.4. The van der Waals surface area contributed by atoms with E-state index < -0.39 is 4.92 Å².